The van der Waals surface area contributed by atoms with Crippen LogP contribution in [0, 0.1) is 26.7 Å². The van der Waals surface area contributed by atoms with Crippen LogP contribution in [0.5, 0.6) is 5.75 Å². The normalized spacial score (nSPS) is 17.1. The number of rotatable bonds is 7. The second-order valence-corrected chi connectivity index (χ2v) is 6.62. The van der Waals surface area contributed by atoms with Gasteiger partial charge in [-0.1, -0.05) is 25.8 Å². The van der Waals surface area contributed by atoms with Gasteiger partial charge in [0.05, 0.1) is 0 Å². The molecule has 0 aromatic heterocycles. The van der Waals surface area contributed by atoms with Crippen LogP contribution < -0.4 is 10.1 Å². The van der Waals surface area contributed by atoms with E-state index in [1.54, 1.807) is 0 Å². The van der Waals surface area contributed by atoms with E-state index in [1.165, 1.54) is 48.8 Å². The van der Waals surface area contributed by atoms with Gasteiger partial charge in [0.15, 0.2) is 0 Å². The highest BCUT2D eigenvalue weighted by molar-refractivity contribution is 5.41. The van der Waals surface area contributed by atoms with Gasteiger partial charge in [-0.2, -0.15) is 0 Å². The average Bonchev–Trinajstić information content (AvgIpc) is 2.98. The van der Waals surface area contributed by atoms with Gasteiger partial charge in [-0.3, -0.25) is 0 Å². The summed E-state index contributed by atoms with van der Waals surface area (Å²) in [6.45, 7) is 10.6. The summed E-state index contributed by atoms with van der Waals surface area (Å²) in [5.74, 6) is 1.86. The molecule has 1 saturated carbocycles. The number of aryl methyl sites for hydroxylation is 2. The first-order chi connectivity index (χ1) is 10.1. The van der Waals surface area contributed by atoms with Crippen LogP contribution >= 0.6 is 0 Å². The van der Waals surface area contributed by atoms with Crippen molar-refractivity contribution in [2.75, 3.05) is 13.2 Å². The van der Waals surface area contributed by atoms with Gasteiger partial charge in [-0.05, 0) is 75.3 Å². The zero-order chi connectivity index (χ0) is 15.2. The van der Waals surface area contributed by atoms with Crippen LogP contribution in [-0.2, 0) is 0 Å². The summed E-state index contributed by atoms with van der Waals surface area (Å²) in [5, 5.41) is 3.71. The lowest BCUT2D eigenvalue weighted by Gasteiger charge is -2.25. The van der Waals surface area contributed by atoms with Crippen molar-refractivity contribution >= 4 is 0 Å². The molecule has 0 amide bonds. The highest BCUT2D eigenvalue weighted by Crippen LogP contribution is 2.29. The molecule has 1 aromatic rings. The van der Waals surface area contributed by atoms with Crippen molar-refractivity contribution in [2.45, 2.75) is 65.8 Å². The predicted octanol–water partition coefficient (Wildman–Crippen LogP) is 4.55. The molecule has 1 aliphatic rings. The van der Waals surface area contributed by atoms with Gasteiger partial charge < -0.3 is 10.1 Å². The number of benzene rings is 1. The van der Waals surface area contributed by atoms with Gasteiger partial charge in [-0.15, -0.1) is 0 Å². The number of nitrogens with one attached hydrogen (secondary N) is 1. The molecule has 2 heteroatoms. The fraction of sp³-hybridized carbons (Fsp3) is 0.684. The minimum absolute atomic E-state index is 0.507. The predicted molar refractivity (Wildman–Crippen MR) is 90.2 cm³/mol. The molecule has 1 N–H and O–H groups in total. The third-order valence-corrected chi connectivity index (χ3v) is 4.81. The third-order valence-electron chi connectivity index (χ3n) is 4.81. The highest BCUT2D eigenvalue weighted by atomic mass is 16.5. The Balaban J connectivity index is 2.00. The lowest BCUT2D eigenvalue weighted by Crippen LogP contribution is -2.40. The SMILES string of the molecule is CCCNC(COc1cc(C)cc(C)c1C)C1CCCC1. The summed E-state index contributed by atoms with van der Waals surface area (Å²) >= 11 is 0. The molecule has 2 rings (SSSR count). The van der Waals surface area contributed by atoms with E-state index in [0.29, 0.717) is 6.04 Å². The number of hydrogen-bond acceptors (Lipinski definition) is 2. The van der Waals surface area contributed by atoms with E-state index in [-0.39, 0.29) is 0 Å². The first-order valence-electron chi connectivity index (χ1n) is 8.55. The fourth-order valence-corrected chi connectivity index (χ4v) is 3.38. The molecule has 1 atom stereocenters. The molecule has 0 heterocycles. The van der Waals surface area contributed by atoms with Crippen molar-refractivity contribution in [1.82, 2.24) is 5.32 Å². The van der Waals surface area contributed by atoms with E-state index < -0.39 is 0 Å². The molecule has 1 fully saturated rings. The molecule has 118 valence electrons. The molecule has 0 radical (unpaired) electrons. The number of ether oxygens (including phenoxy) is 1. The number of hydrogen-bond donors (Lipinski definition) is 1. The molecule has 0 aliphatic heterocycles. The van der Waals surface area contributed by atoms with Crippen molar-refractivity contribution in [3.63, 3.8) is 0 Å². The highest BCUT2D eigenvalue weighted by Gasteiger charge is 2.25. The van der Waals surface area contributed by atoms with Crippen molar-refractivity contribution in [1.29, 1.82) is 0 Å². The molecule has 0 saturated heterocycles. The maximum Gasteiger partial charge on any atom is 0.122 e. The molecule has 1 unspecified atom stereocenters. The van der Waals surface area contributed by atoms with Gasteiger partial charge >= 0.3 is 0 Å². The fourth-order valence-electron chi connectivity index (χ4n) is 3.38. The van der Waals surface area contributed by atoms with E-state index in [1.807, 2.05) is 0 Å². The molecule has 1 aromatic carbocycles. The van der Waals surface area contributed by atoms with E-state index in [0.717, 1.165) is 24.8 Å². The smallest absolute Gasteiger partial charge is 0.122 e. The molecule has 2 nitrogen and oxygen atoms in total. The standard InChI is InChI=1S/C19H31NO/c1-5-10-20-18(17-8-6-7-9-17)13-21-19-12-14(2)11-15(3)16(19)4/h11-12,17-18,20H,5-10,13H2,1-4H3. The monoisotopic (exact) mass is 289 g/mol. The average molecular weight is 289 g/mol. The van der Waals surface area contributed by atoms with E-state index in [2.05, 4.69) is 45.1 Å². The van der Waals surface area contributed by atoms with E-state index >= 15 is 0 Å². The lowest BCUT2D eigenvalue weighted by atomic mass is 9.98. The zero-order valence-electron chi connectivity index (χ0n) is 14.2. The molecule has 0 spiro atoms. The van der Waals surface area contributed by atoms with Crippen LogP contribution in [-0.4, -0.2) is 19.2 Å². The first-order valence-corrected chi connectivity index (χ1v) is 8.55. The molecule has 1 aliphatic carbocycles. The zero-order valence-corrected chi connectivity index (χ0v) is 14.2. The molecular formula is C19H31NO. The van der Waals surface area contributed by atoms with Gasteiger partial charge in [-0.25, -0.2) is 0 Å². The van der Waals surface area contributed by atoms with Crippen LogP contribution in [0.3, 0.4) is 0 Å². The van der Waals surface area contributed by atoms with Crippen molar-refractivity contribution < 1.29 is 4.74 Å². The maximum atomic E-state index is 6.21. The Bertz CT molecular complexity index is 449. The third kappa shape index (κ3) is 4.47. The molecule has 0 bridgehead atoms. The van der Waals surface area contributed by atoms with Crippen molar-refractivity contribution in [3.05, 3.63) is 28.8 Å². The Hall–Kier alpha value is -1.02. The topological polar surface area (TPSA) is 21.3 Å². The van der Waals surface area contributed by atoms with Crippen LogP contribution in [0.4, 0.5) is 0 Å². The van der Waals surface area contributed by atoms with Crippen molar-refractivity contribution in [3.8, 4) is 5.75 Å². The lowest BCUT2D eigenvalue weighted by molar-refractivity contribution is 0.216. The maximum absolute atomic E-state index is 6.21. The minimum atomic E-state index is 0.507. The summed E-state index contributed by atoms with van der Waals surface area (Å²) in [6, 6.07) is 4.91. The summed E-state index contributed by atoms with van der Waals surface area (Å²) in [7, 11) is 0. The van der Waals surface area contributed by atoms with E-state index in [4.69, 9.17) is 4.74 Å². The second kappa shape index (κ2) is 7.84. The summed E-state index contributed by atoms with van der Waals surface area (Å²) in [4.78, 5) is 0. The van der Waals surface area contributed by atoms with Crippen LogP contribution in [0.2, 0.25) is 0 Å². The minimum Gasteiger partial charge on any atom is -0.492 e. The Labute approximate surface area is 130 Å². The van der Waals surface area contributed by atoms with Crippen LogP contribution in [0.25, 0.3) is 0 Å². The molecular weight excluding hydrogens is 258 g/mol. The Kier molecular flexibility index (Phi) is 6.10. The quantitative estimate of drug-likeness (QED) is 0.795. The summed E-state index contributed by atoms with van der Waals surface area (Å²) in [6.07, 6.45) is 6.67. The summed E-state index contributed by atoms with van der Waals surface area (Å²) < 4.78 is 6.21. The Morgan fingerprint density at radius 3 is 2.57 bits per heavy atom. The van der Waals surface area contributed by atoms with Gasteiger partial charge in [0.25, 0.3) is 0 Å². The largest absolute Gasteiger partial charge is 0.492 e. The van der Waals surface area contributed by atoms with Gasteiger partial charge in [0.2, 0.25) is 0 Å². The Morgan fingerprint density at radius 1 is 1.19 bits per heavy atom. The summed E-state index contributed by atoms with van der Waals surface area (Å²) in [5.41, 5.74) is 3.89. The second-order valence-electron chi connectivity index (χ2n) is 6.62. The van der Waals surface area contributed by atoms with Gasteiger partial charge in [0, 0.05) is 6.04 Å². The first kappa shape index (κ1) is 16.4. The van der Waals surface area contributed by atoms with E-state index in [9.17, 15) is 0 Å². The Morgan fingerprint density at radius 2 is 1.90 bits per heavy atom. The van der Waals surface area contributed by atoms with Crippen LogP contribution in [0.15, 0.2) is 12.1 Å². The van der Waals surface area contributed by atoms with Crippen LogP contribution in [0.1, 0.15) is 55.7 Å². The van der Waals surface area contributed by atoms with Gasteiger partial charge in [0.1, 0.15) is 12.4 Å². The van der Waals surface area contributed by atoms with Crippen molar-refractivity contribution in [2.24, 2.45) is 5.92 Å². The molecule has 21 heavy (non-hydrogen) atoms.